The summed E-state index contributed by atoms with van der Waals surface area (Å²) in [5.74, 6) is 1.69. The molecule has 2 aromatic carbocycles. The third-order valence-corrected chi connectivity index (χ3v) is 5.02. The standard InChI is InChI=1S/C26H24FNO4/c1-4-13-30-23(15-25(29)32-27)22-11-12-24(28-16-22)31-17-20-9-6-10-21(14-20)26-18(2)7-5-8-19(26)3/h1,5-12,14,16,23H,13,15,17H2,2-3H3. The van der Waals surface area contributed by atoms with Crippen LogP contribution in [0.1, 0.15) is 34.8 Å². The molecule has 0 spiro atoms. The molecule has 3 aromatic rings. The topological polar surface area (TPSA) is 57.7 Å². The molecule has 0 aliphatic carbocycles. The lowest BCUT2D eigenvalue weighted by Gasteiger charge is -2.15. The molecule has 6 heteroatoms. The van der Waals surface area contributed by atoms with Crippen LogP contribution in [0.3, 0.4) is 0 Å². The monoisotopic (exact) mass is 433 g/mol. The molecular formula is C26H24FNO4. The van der Waals surface area contributed by atoms with E-state index in [1.165, 1.54) is 22.9 Å². The number of terminal acetylenes is 1. The Morgan fingerprint density at radius 2 is 1.88 bits per heavy atom. The van der Waals surface area contributed by atoms with E-state index in [1.54, 1.807) is 12.1 Å². The van der Waals surface area contributed by atoms with Crippen molar-refractivity contribution in [1.29, 1.82) is 0 Å². The number of halogens is 1. The Morgan fingerprint density at radius 1 is 1.12 bits per heavy atom. The van der Waals surface area contributed by atoms with Gasteiger partial charge in [-0.1, -0.05) is 42.3 Å². The van der Waals surface area contributed by atoms with Gasteiger partial charge in [-0.15, -0.1) is 6.42 Å². The third kappa shape index (κ3) is 5.93. The lowest BCUT2D eigenvalue weighted by Crippen LogP contribution is -2.11. The number of aryl methyl sites for hydroxylation is 2. The molecular weight excluding hydrogens is 409 g/mol. The molecule has 0 fully saturated rings. The fourth-order valence-corrected chi connectivity index (χ4v) is 3.52. The summed E-state index contributed by atoms with van der Waals surface area (Å²) < 4.78 is 23.3. The zero-order valence-electron chi connectivity index (χ0n) is 18.0. The average Bonchev–Trinajstić information content (AvgIpc) is 2.81. The van der Waals surface area contributed by atoms with Crippen LogP contribution in [0.4, 0.5) is 4.53 Å². The second-order valence-corrected chi connectivity index (χ2v) is 7.34. The number of aromatic nitrogens is 1. The molecule has 0 saturated carbocycles. The SMILES string of the molecule is C#CCOC(CC(=O)OF)c1ccc(OCc2cccc(-c3c(C)cccc3C)c2)nc1. The molecule has 1 atom stereocenters. The van der Waals surface area contributed by atoms with Crippen LogP contribution in [0.2, 0.25) is 0 Å². The molecule has 0 amide bonds. The molecule has 32 heavy (non-hydrogen) atoms. The molecule has 3 rings (SSSR count). The highest BCUT2D eigenvalue weighted by Gasteiger charge is 2.19. The highest BCUT2D eigenvalue weighted by atomic mass is 19.3. The normalized spacial score (nSPS) is 11.4. The van der Waals surface area contributed by atoms with Gasteiger partial charge in [0.05, 0.1) is 12.5 Å². The quantitative estimate of drug-likeness (QED) is 0.420. The van der Waals surface area contributed by atoms with Gasteiger partial charge in [-0.3, -0.25) is 4.94 Å². The van der Waals surface area contributed by atoms with E-state index in [0.717, 1.165) is 11.1 Å². The van der Waals surface area contributed by atoms with E-state index in [0.29, 0.717) is 18.1 Å². The predicted octanol–water partition coefficient (Wildman–Crippen LogP) is 5.45. The van der Waals surface area contributed by atoms with Crippen molar-refractivity contribution in [2.75, 3.05) is 6.61 Å². The molecule has 164 valence electrons. The van der Waals surface area contributed by atoms with Crippen LogP contribution in [0.25, 0.3) is 11.1 Å². The smallest absolute Gasteiger partial charge is 0.351 e. The van der Waals surface area contributed by atoms with E-state index in [2.05, 4.69) is 60.0 Å². The maximum absolute atomic E-state index is 12.1. The summed E-state index contributed by atoms with van der Waals surface area (Å²) in [5, 5.41) is 0. The van der Waals surface area contributed by atoms with Gasteiger partial charge < -0.3 is 9.47 Å². The Morgan fingerprint density at radius 3 is 2.53 bits per heavy atom. The first-order valence-corrected chi connectivity index (χ1v) is 10.1. The minimum atomic E-state index is -1.05. The van der Waals surface area contributed by atoms with Crippen LogP contribution in [0, 0.1) is 26.2 Å². The minimum absolute atomic E-state index is 0.0286. The van der Waals surface area contributed by atoms with Crippen LogP contribution in [-0.2, 0) is 21.1 Å². The van der Waals surface area contributed by atoms with Crippen LogP contribution >= 0.6 is 0 Å². The van der Waals surface area contributed by atoms with E-state index in [1.807, 2.05) is 12.1 Å². The van der Waals surface area contributed by atoms with Gasteiger partial charge in [0.2, 0.25) is 5.88 Å². The molecule has 1 unspecified atom stereocenters. The van der Waals surface area contributed by atoms with E-state index < -0.39 is 12.1 Å². The zero-order valence-corrected chi connectivity index (χ0v) is 18.0. The van der Waals surface area contributed by atoms with Gasteiger partial charge in [0.15, 0.2) is 0 Å². The first kappa shape index (κ1) is 23.0. The Hall–Kier alpha value is -3.69. The van der Waals surface area contributed by atoms with Gasteiger partial charge in [0.1, 0.15) is 13.2 Å². The van der Waals surface area contributed by atoms with Crippen molar-refractivity contribution in [2.24, 2.45) is 0 Å². The maximum Gasteiger partial charge on any atom is 0.351 e. The second kappa shape index (κ2) is 11.1. The Labute approximate surface area is 187 Å². The molecule has 0 radical (unpaired) electrons. The molecule has 1 heterocycles. The molecule has 1 aromatic heterocycles. The van der Waals surface area contributed by atoms with Crippen molar-refractivity contribution in [3.8, 4) is 29.4 Å². The van der Waals surface area contributed by atoms with Crippen molar-refractivity contribution >= 4 is 5.97 Å². The number of ether oxygens (including phenoxy) is 2. The number of carbonyl (C=O) groups is 1. The Kier molecular flexibility index (Phi) is 7.96. The summed E-state index contributed by atoms with van der Waals surface area (Å²) in [6.45, 7) is 4.52. The lowest BCUT2D eigenvalue weighted by molar-refractivity contribution is -0.186. The average molecular weight is 433 g/mol. The van der Waals surface area contributed by atoms with Crippen molar-refractivity contribution in [2.45, 2.75) is 33.0 Å². The summed E-state index contributed by atoms with van der Waals surface area (Å²) in [4.78, 5) is 18.8. The summed E-state index contributed by atoms with van der Waals surface area (Å²) in [7, 11) is 0. The van der Waals surface area contributed by atoms with Gasteiger partial charge in [0, 0.05) is 22.4 Å². The molecule has 0 aliphatic heterocycles. The summed E-state index contributed by atoms with van der Waals surface area (Å²) >= 11 is 0. The second-order valence-electron chi connectivity index (χ2n) is 7.34. The number of pyridine rings is 1. The molecule has 5 nitrogen and oxygen atoms in total. The van der Waals surface area contributed by atoms with Crippen molar-refractivity contribution in [1.82, 2.24) is 4.98 Å². The molecule has 0 N–H and O–H groups in total. The minimum Gasteiger partial charge on any atom is -0.473 e. The summed E-state index contributed by atoms with van der Waals surface area (Å²) in [5.41, 5.74) is 6.38. The fraction of sp³-hybridized carbons (Fsp3) is 0.231. The van der Waals surface area contributed by atoms with Gasteiger partial charge in [0.25, 0.3) is 0 Å². The van der Waals surface area contributed by atoms with E-state index in [4.69, 9.17) is 15.9 Å². The third-order valence-electron chi connectivity index (χ3n) is 5.02. The van der Waals surface area contributed by atoms with Gasteiger partial charge in [-0.05, 0) is 53.8 Å². The Balaban J connectivity index is 1.69. The lowest BCUT2D eigenvalue weighted by atomic mass is 9.95. The fourth-order valence-electron chi connectivity index (χ4n) is 3.52. The largest absolute Gasteiger partial charge is 0.473 e. The first-order chi connectivity index (χ1) is 15.5. The van der Waals surface area contributed by atoms with E-state index in [-0.39, 0.29) is 13.0 Å². The number of carbonyl (C=O) groups excluding carboxylic acids is 1. The Bertz CT molecular complexity index is 1090. The van der Waals surface area contributed by atoms with Crippen LogP contribution < -0.4 is 4.74 Å². The zero-order chi connectivity index (χ0) is 22.9. The number of hydrogen-bond donors (Lipinski definition) is 0. The number of nitrogens with zero attached hydrogens (tertiary/aromatic N) is 1. The van der Waals surface area contributed by atoms with E-state index in [9.17, 15) is 9.32 Å². The number of rotatable bonds is 9. The highest BCUT2D eigenvalue weighted by molar-refractivity contribution is 5.71. The first-order valence-electron chi connectivity index (χ1n) is 10.1. The predicted molar refractivity (Wildman–Crippen MR) is 119 cm³/mol. The summed E-state index contributed by atoms with van der Waals surface area (Å²) in [6.07, 6.45) is 5.64. The molecule has 0 bridgehead atoms. The number of hydrogen-bond acceptors (Lipinski definition) is 5. The van der Waals surface area contributed by atoms with Gasteiger partial charge in [-0.25, -0.2) is 9.78 Å². The van der Waals surface area contributed by atoms with Gasteiger partial charge >= 0.3 is 5.97 Å². The van der Waals surface area contributed by atoms with Crippen LogP contribution in [0.5, 0.6) is 5.88 Å². The van der Waals surface area contributed by atoms with Crippen molar-refractivity contribution < 1.29 is 23.7 Å². The number of benzene rings is 2. The molecule has 0 saturated heterocycles. The van der Waals surface area contributed by atoms with Crippen molar-refractivity contribution in [3.05, 3.63) is 83.0 Å². The summed E-state index contributed by atoms with van der Waals surface area (Å²) in [6, 6.07) is 17.8. The maximum atomic E-state index is 12.1. The molecule has 0 aliphatic rings. The van der Waals surface area contributed by atoms with Crippen LogP contribution in [-0.4, -0.2) is 17.6 Å². The van der Waals surface area contributed by atoms with Crippen molar-refractivity contribution in [3.63, 3.8) is 0 Å². The van der Waals surface area contributed by atoms with Crippen LogP contribution in [0.15, 0.2) is 60.8 Å². The van der Waals surface area contributed by atoms with Gasteiger partial charge in [-0.2, -0.15) is 0 Å². The van der Waals surface area contributed by atoms with E-state index >= 15 is 0 Å². The highest BCUT2D eigenvalue weighted by Crippen LogP contribution is 2.28.